The van der Waals surface area contributed by atoms with Crippen LogP contribution < -0.4 is 10.9 Å². The van der Waals surface area contributed by atoms with Crippen LogP contribution in [0.3, 0.4) is 0 Å². The molecule has 0 aliphatic carbocycles. The monoisotopic (exact) mass is 407 g/mol. The predicted molar refractivity (Wildman–Crippen MR) is 111 cm³/mol. The van der Waals surface area contributed by atoms with E-state index in [1.807, 2.05) is 36.4 Å². The first-order valence-corrected chi connectivity index (χ1v) is 9.49. The lowest BCUT2D eigenvalue weighted by molar-refractivity contribution is -0.121. The fraction of sp³-hybridized carbons (Fsp3) is 0.143. The van der Waals surface area contributed by atoms with Crippen molar-refractivity contribution < 1.29 is 4.79 Å². The molecule has 1 amide bonds. The van der Waals surface area contributed by atoms with Crippen LogP contribution in [0.4, 0.5) is 0 Å². The Hall–Kier alpha value is -3.45. The lowest BCUT2D eigenvalue weighted by Crippen LogP contribution is -2.33. The van der Waals surface area contributed by atoms with Gasteiger partial charge in [0, 0.05) is 11.6 Å². The number of carbonyl (C=O) groups excluding carboxylic acids is 1. The SMILES string of the molecule is O=C(Cn1cnc2c(cnn2-c2cccc(Cl)c2)c1=O)NCCc1ccccc1. The standard InChI is InChI=1S/C21H18ClN5O2/c22-16-7-4-8-17(11-16)27-20-18(12-25-27)21(29)26(14-24-20)13-19(28)23-10-9-15-5-2-1-3-6-15/h1-8,11-12,14H,9-10,13H2,(H,23,28). The highest BCUT2D eigenvalue weighted by Crippen LogP contribution is 2.17. The van der Waals surface area contributed by atoms with E-state index in [4.69, 9.17) is 11.6 Å². The number of aromatic nitrogens is 4. The predicted octanol–water partition coefficient (Wildman–Crippen LogP) is 2.59. The highest BCUT2D eigenvalue weighted by Gasteiger charge is 2.13. The molecular formula is C21H18ClN5O2. The average molecular weight is 408 g/mol. The molecule has 0 bridgehead atoms. The fourth-order valence-electron chi connectivity index (χ4n) is 3.06. The van der Waals surface area contributed by atoms with Gasteiger partial charge in [-0.3, -0.25) is 14.2 Å². The zero-order valence-electron chi connectivity index (χ0n) is 15.5. The first-order chi connectivity index (χ1) is 14.1. The van der Waals surface area contributed by atoms with E-state index < -0.39 is 0 Å². The van der Waals surface area contributed by atoms with Crippen LogP contribution in [0.5, 0.6) is 0 Å². The highest BCUT2D eigenvalue weighted by atomic mass is 35.5. The largest absolute Gasteiger partial charge is 0.354 e. The van der Waals surface area contributed by atoms with Crippen LogP contribution in [0.2, 0.25) is 5.02 Å². The number of rotatable bonds is 6. The van der Waals surface area contributed by atoms with Gasteiger partial charge in [0.05, 0.1) is 11.9 Å². The minimum atomic E-state index is -0.318. The zero-order chi connectivity index (χ0) is 20.2. The van der Waals surface area contributed by atoms with Crippen molar-refractivity contribution in [3.8, 4) is 5.69 Å². The lowest BCUT2D eigenvalue weighted by Gasteiger charge is -2.08. The topological polar surface area (TPSA) is 81.8 Å². The first-order valence-electron chi connectivity index (χ1n) is 9.11. The third-order valence-corrected chi connectivity index (χ3v) is 4.73. The quantitative estimate of drug-likeness (QED) is 0.532. The van der Waals surface area contributed by atoms with Gasteiger partial charge in [-0.25, -0.2) is 9.67 Å². The third kappa shape index (κ3) is 4.20. The van der Waals surface area contributed by atoms with Gasteiger partial charge in [-0.1, -0.05) is 48.0 Å². The van der Waals surface area contributed by atoms with Crippen LogP contribution >= 0.6 is 11.6 Å². The lowest BCUT2D eigenvalue weighted by atomic mass is 10.1. The summed E-state index contributed by atoms with van der Waals surface area (Å²) in [6.07, 6.45) is 3.55. The molecule has 0 aliphatic rings. The molecular weight excluding hydrogens is 390 g/mol. The molecule has 0 fully saturated rings. The number of benzene rings is 2. The fourth-order valence-corrected chi connectivity index (χ4v) is 3.24. The molecule has 0 aliphatic heterocycles. The van der Waals surface area contributed by atoms with Gasteiger partial charge in [0.25, 0.3) is 5.56 Å². The van der Waals surface area contributed by atoms with Gasteiger partial charge in [0.2, 0.25) is 5.91 Å². The molecule has 0 unspecified atom stereocenters. The Morgan fingerprint density at radius 3 is 2.72 bits per heavy atom. The second kappa shape index (κ2) is 8.28. The normalized spacial score (nSPS) is 10.9. The molecule has 4 rings (SSSR count). The molecule has 146 valence electrons. The number of nitrogens with one attached hydrogen (secondary N) is 1. The summed E-state index contributed by atoms with van der Waals surface area (Å²) in [7, 11) is 0. The van der Waals surface area contributed by atoms with Crippen LogP contribution in [0, 0.1) is 0 Å². The smallest absolute Gasteiger partial charge is 0.264 e. The summed E-state index contributed by atoms with van der Waals surface area (Å²) >= 11 is 6.04. The number of hydrogen-bond acceptors (Lipinski definition) is 4. The Bertz CT molecular complexity index is 1220. The summed E-state index contributed by atoms with van der Waals surface area (Å²) in [5, 5.41) is 7.98. The number of halogens is 1. The molecule has 1 N–H and O–H groups in total. The van der Waals surface area contributed by atoms with Crippen LogP contribution in [-0.2, 0) is 17.8 Å². The maximum Gasteiger partial charge on any atom is 0.264 e. The summed E-state index contributed by atoms with van der Waals surface area (Å²) in [5.74, 6) is -0.244. The molecule has 0 saturated heterocycles. The maximum atomic E-state index is 12.7. The number of amides is 1. The Balaban J connectivity index is 1.48. The van der Waals surface area contributed by atoms with Crippen molar-refractivity contribution in [1.82, 2.24) is 24.6 Å². The van der Waals surface area contributed by atoms with Gasteiger partial charge in [-0.05, 0) is 30.2 Å². The molecule has 2 heterocycles. The Morgan fingerprint density at radius 2 is 1.93 bits per heavy atom. The molecule has 0 radical (unpaired) electrons. The molecule has 4 aromatic rings. The van der Waals surface area contributed by atoms with Gasteiger partial charge in [0.1, 0.15) is 18.3 Å². The second-order valence-electron chi connectivity index (χ2n) is 6.54. The second-order valence-corrected chi connectivity index (χ2v) is 6.97. The van der Waals surface area contributed by atoms with E-state index >= 15 is 0 Å². The van der Waals surface area contributed by atoms with Crippen LogP contribution in [0.1, 0.15) is 5.56 Å². The van der Waals surface area contributed by atoms with Crippen molar-refractivity contribution in [3.05, 3.63) is 88.1 Å². The van der Waals surface area contributed by atoms with Crippen molar-refractivity contribution in [2.24, 2.45) is 0 Å². The van der Waals surface area contributed by atoms with Gasteiger partial charge < -0.3 is 5.32 Å². The number of carbonyl (C=O) groups is 1. The highest BCUT2D eigenvalue weighted by molar-refractivity contribution is 6.30. The molecule has 8 heteroatoms. The Labute approximate surface area is 171 Å². The number of nitrogens with zero attached hydrogens (tertiary/aromatic N) is 4. The maximum absolute atomic E-state index is 12.7. The molecule has 0 saturated carbocycles. The number of hydrogen-bond donors (Lipinski definition) is 1. The van der Waals surface area contributed by atoms with Crippen LogP contribution in [0.25, 0.3) is 16.7 Å². The Kier molecular flexibility index (Phi) is 5.39. The van der Waals surface area contributed by atoms with E-state index in [-0.39, 0.29) is 18.0 Å². The average Bonchev–Trinajstić information content (AvgIpc) is 3.16. The minimum absolute atomic E-state index is 0.0983. The van der Waals surface area contributed by atoms with Gasteiger partial charge in [0.15, 0.2) is 5.65 Å². The molecule has 0 atom stereocenters. The number of fused-ring (bicyclic) bond motifs is 1. The molecule has 2 aromatic carbocycles. The molecule has 7 nitrogen and oxygen atoms in total. The first kappa shape index (κ1) is 18.9. The van der Waals surface area contributed by atoms with Crippen molar-refractivity contribution in [2.45, 2.75) is 13.0 Å². The summed E-state index contributed by atoms with van der Waals surface area (Å²) in [4.78, 5) is 29.3. The van der Waals surface area contributed by atoms with Crippen LogP contribution in [0.15, 0.2) is 71.9 Å². The van der Waals surface area contributed by atoms with E-state index in [1.54, 1.807) is 22.9 Å². The Morgan fingerprint density at radius 1 is 1.10 bits per heavy atom. The minimum Gasteiger partial charge on any atom is -0.354 e. The van der Waals surface area contributed by atoms with Gasteiger partial charge in [-0.2, -0.15) is 5.10 Å². The van der Waals surface area contributed by atoms with Crippen molar-refractivity contribution in [1.29, 1.82) is 0 Å². The molecule has 2 aromatic heterocycles. The summed E-state index contributed by atoms with van der Waals surface area (Å²) in [5.41, 5.74) is 1.94. The third-order valence-electron chi connectivity index (χ3n) is 4.50. The van der Waals surface area contributed by atoms with Gasteiger partial charge in [-0.15, -0.1) is 0 Å². The van der Waals surface area contributed by atoms with Crippen molar-refractivity contribution >= 4 is 28.5 Å². The summed E-state index contributed by atoms with van der Waals surface area (Å²) in [6.45, 7) is 0.402. The molecule has 0 spiro atoms. The van der Waals surface area contributed by atoms with Crippen molar-refractivity contribution in [3.63, 3.8) is 0 Å². The van der Waals surface area contributed by atoms with E-state index in [0.717, 1.165) is 12.0 Å². The van der Waals surface area contributed by atoms with Crippen LogP contribution in [-0.4, -0.2) is 31.8 Å². The van der Waals surface area contributed by atoms with E-state index in [9.17, 15) is 9.59 Å². The van der Waals surface area contributed by atoms with E-state index in [1.165, 1.54) is 17.1 Å². The van der Waals surface area contributed by atoms with E-state index in [0.29, 0.717) is 28.3 Å². The van der Waals surface area contributed by atoms with Gasteiger partial charge >= 0.3 is 0 Å². The molecule has 29 heavy (non-hydrogen) atoms. The zero-order valence-corrected chi connectivity index (χ0v) is 16.2. The van der Waals surface area contributed by atoms with Crippen molar-refractivity contribution in [2.75, 3.05) is 6.54 Å². The summed E-state index contributed by atoms with van der Waals surface area (Å²) in [6, 6.07) is 17.0. The van der Waals surface area contributed by atoms with E-state index in [2.05, 4.69) is 15.4 Å². The summed E-state index contributed by atoms with van der Waals surface area (Å²) < 4.78 is 2.83.